The van der Waals surface area contributed by atoms with Crippen LogP contribution >= 0.6 is 0 Å². The fraction of sp³-hybridized carbons (Fsp3) is 0.462. The molecule has 0 aliphatic heterocycles. The first-order valence-corrected chi connectivity index (χ1v) is 5.85. The summed E-state index contributed by atoms with van der Waals surface area (Å²) in [5.74, 6) is -0.116. The lowest BCUT2D eigenvalue weighted by Crippen LogP contribution is -2.45. The maximum atomic E-state index is 11.8. The Kier molecular flexibility index (Phi) is 3.38. The van der Waals surface area contributed by atoms with Crippen LogP contribution in [0.25, 0.3) is 0 Å². The number of nitrogens with one attached hydrogen (secondary N) is 1. The minimum atomic E-state index is -0.741. The second kappa shape index (κ2) is 4.96. The Morgan fingerprint density at radius 3 is 2.94 bits per heavy atom. The average Bonchev–Trinajstić information content (AvgIpc) is 2.30. The topological polar surface area (TPSA) is 65.8 Å². The molecule has 0 aromatic carbocycles. The molecular formula is C13H15N3O. The van der Waals surface area contributed by atoms with Crippen LogP contribution in [0.3, 0.4) is 0 Å². The van der Waals surface area contributed by atoms with E-state index in [1.54, 1.807) is 12.4 Å². The number of amides is 1. The molecule has 1 aliphatic rings. The molecule has 1 N–H and O–H groups in total. The Bertz CT molecular complexity index is 432. The van der Waals surface area contributed by atoms with Gasteiger partial charge in [-0.05, 0) is 37.3 Å². The van der Waals surface area contributed by atoms with Gasteiger partial charge >= 0.3 is 0 Å². The van der Waals surface area contributed by atoms with Crippen molar-refractivity contribution in [1.82, 2.24) is 10.3 Å². The standard InChI is InChI=1S/C13H15N3O/c14-10-13(5-2-6-13)12(17)16-8-4-11-3-1-7-15-9-11/h1,3,7,9H,2,4-6,8H2,(H,16,17). The van der Waals surface area contributed by atoms with Gasteiger partial charge in [-0.3, -0.25) is 9.78 Å². The highest BCUT2D eigenvalue weighted by molar-refractivity contribution is 5.86. The monoisotopic (exact) mass is 229 g/mol. The molecule has 0 bridgehead atoms. The quantitative estimate of drug-likeness (QED) is 0.849. The maximum Gasteiger partial charge on any atom is 0.240 e. The van der Waals surface area contributed by atoms with Gasteiger partial charge in [0.05, 0.1) is 6.07 Å². The molecule has 4 nitrogen and oxygen atoms in total. The number of hydrogen-bond acceptors (Lipinski definition) is 3. The summed E-state index contributed by atoms with van der Waals surface area (Å²) in [6.45, 7) is 0.563. The van der Waals surface area contributed by atoms with Crippen molar-refractivity contribution in [3.63, 3.8) is 0 Å². The minimum absolute atomic E-state index is 0.116. The zero-order valence-electron chi connectivity index (χ0n) is 9.65. The Labute approximate surface area is 101 Å². The van der Waals surface area contributed by atoms with Crippen LogP contribution in [0, 0.1) is 16.7 Å². The van der Waals surface area contributed by atoms with Crippen molar-refractivity contribution in [3.8, 4) is 6.07 Å². The fourth-order valence-electron chi connectivity index (χ4n) is 1.96. The summed E-state index contributed by atoms with van der Waals surface area (Å²) in [7, 11) is 0. The Morgan fingerprint density at radius 1 is 1.59 bits per heavy atom. The molecule has 0 saturated heterocycles. The zero-order chi connectivity index (χ0) is 12.1. The summed E-state index contributed by atoms with van der Waals surface area (Å²) in [6, 6.07) is 5.99. The number of rotatable bonds is 4. The molecule has 0 radical (unpaired) electrons. The Morgan fingerprint density at radius 2 is 2.41 bits per heavy atom. The van der Waals surface area contributed by atoms with Crippen LogP contribution < -0.4 is 5.32 Å². The van der Waals surface area contributed by atoms with Gasteiger partial charge in [-0.1, -0.05) is 6.07 Å². The minimum Gasteiger partial charge on any atom is -0.354 e. The van der Waals surface area contributed by atoms with E-state index in [1.165, 1.54) is 0 Å². The maximum absolute atomic E-state index is 11.8. The highest BCUT2D eigenvalue weighted by Gasteiger charge is 2.44. The van der Waals surface area contributed by atoms with E-state index in [-0.39, 0.29) is 5.91 Å². The molecule has 17 heavy (non-hydrogen) atoms. The van der Waals surface area contributed by atoms with E-state index in [0.717, 1.165) is 18.4 Å². The van der Waals surface area contributed by atoms with E-state index in [2.05, 4.69) is 16.4 Å². The highest BCUT2D eigenvalue weighted by Crippen LogP contribution is 2.40. The molecule has 1 aromatic heterocycles. The lowest BCUT2D eigenvalue weighted by atomic mass is 9.69. The van der Waals surface area contributed by atoms with Crippen molar-refractivity contribution < 1.29 is 4.79 Å². The largest absolute Gasteiger partial charge is 0.354 e. The van der Waals surface area contributed by atoms with Crippen LogP contribution in [0.5, 0.6) is 0 Å². The molecule has 88 valence electrons. The molecular weight excluding hydrogens is 214 g/mol. The van der Waals surface area contributed by atoms with Crippen LogP contribution in [0.15, 0.2) is 24.5 Å². The molecule has 0 atom stereocenters. The third kappa shape index (κ3) is 2.44. The van der Waals surface area contributed by atoms with Crippen molar-refractivity contribution in [2.24, 2.45) is 5.41 Å². The zero-order valence-corrected chi connectivity index (χ0v) is 9.65. The third-order valence-electron chi connectivity index (χ3n) is 3.28. The first kappa shape index (κ1) is 11.6. The van der Waals surface area contributed by atoms with Crippen molar-refractivity contribution >= 4 is 5.91 Å². The molecule has 0 unspecified atom stereocenters. The summed E-state index contributed by atoms with van der Waals surface area (Å²) >= 11 is 0. The number of carbonyl (C=O) groups excluding carboxylic acids is 1. The number of nitrogens with zero attached hydrogens (tertiary/aromatic N) is 2. The highest BCUT2D eigenvalue weighted by atomic mass is 16.2. The van der Waals surface area contributed by atoms with E-state index in [0.29, 0.717) is 19.4 Å². The van der Waals surface area contributed by atoms with Gasteiger partial charge in [-0.25, -0.2) is 0 Å². The molecule has 1 saturated carbocycles. The molecule has 4 heteroatoms. The second-order valence-corrected chi connectivity index (χ2v) is 4.41. The number of pyridine rings is 1. The van der Waals surface area contributed by atoms with Gasteiger partial charge in [0, 0.05) is 18.9 Å². The van der Waals surface area contributed by atoms with E-state index in [1.807, 2.05) is 12.1 Å². The first-order valence-electron chi connectivity index (χ1n) is 5.85. The third-order valence-corrected chi connectivity index (χ3v) is 3.28. The van der Waals surface area contributed by atoms with Gasteiger partial charge in [-0.2, -0.15) is 5.26 Å². The van der Waals surface area contributed by atoms with Crippen molar-refractivity contribution in [3.05, 3.63) is 30.1 Å². The Hall–Kier alpha value is -1.89. The summed E-state index contributed by atoms with van der Waals surface area (Å²) in [5.41, 5.74) is 0.349. The smallest absolute Gasteiger partial charge is 0.240 e. The van der Waals surface area contributed by atoms with Crippen LogP contribution in [0.2, 0.25) is 0 Å². The first-order chi connectivity index (χ1) is 8.27. The van der Waals surface area contributed by atoms with E-state index >= 15 is 0 Å². The average molecular weight is 229 g/mol. The molecule has 1 aliphatic carbocycles. The summed E-state index contributed by atoms with van der Waals surface area (Å²) in [5, 5.41) is 11.8. The predicted molar refractivity (Wildman–Crippen MR) is 62.8 cm³/mol. The normalized spacial score (nSPS) is 16.6. The molecule has 1 aromatic rings. The van der Waals surface area contributed by atoms with Gasteiger partial charge < -0.3 is 5.32 Å². The SMILES string of the molecule is N#CC1(C(=O)NCCc2cccnc2)CCC1. The van der Waals surface area contributed by atoms with Gasteiger partial charge in [0.1, 0.15) is 5.41 Å². The van der Waals surface area contributed by atoms with Crippen LogP contribution in [0.1, 0.15) is 24.8 Å². The summed E-state index contributed by atoms with van der Waals surface area (Å²) in [4.78, 5) is 15.8. The number of aromatic nitrogens is 1. The molecule has 1 heterocycles. The number of hydrogen-bond donors (Lipinski definition) is 1. The van der Waals surface area contributed by atoms with Gasteiger partial charge in [0.15, 0.2) is 0 Å². The van der Waals surface area contributed by atoms with Gasteiger partial charge in [-0.15, -0.1) is 0 Å². The molecule has 0 spiro atoms. The second-order valence-electron chi connectivity index (χ2n) is 4.41. The predicted octanol–water partition coefficient (Wildman–Crippen LogP) is 1.43. The van der Waals surface area contributed by atoms with E-state index in [4.69, 9.17) is 5.26 Å². The summed E-state index contributed by atoms with van der Waals surface area (Å²) < 4.78 is 0. The lowest BCUT2D eigenvalue weighted by molar-refractivity contribution is -0.131. The lowest BCUT2D eigenvalue weighted by Gasteiger charge is -2.33. The van der Waals surface area contributed by atoms with E-state index < -0.39 is 5.41 Å². The molecule has 1 amide bonds. The number of nitriles is 1. The Balaban J connectivity index is 1.80. The van der Waals surface area contributed by atoms with Crippen molar-refractivity contribution in [2.75, 3.05) is 6.54 Å². The van der Waals surface area contributed by atoms with Gasteiger partial charge in [0.25, 0.3) is 0 Å². The van der Waals surface area contributed by atoms with Crippen LogP contribution in [0.4, 0.5) is 0 Å². The fourth-order valence-corrected chi connectivity index (χ4v) is 1.96. The van der Waals surface area contributed by atoms with Crippen LogP contribution in [-0.4, -0.2) is 17.4 Å². The van der Waals surface area contributed by atoms with Crippen molar-refractivity contribution in [1.29, 1.82) is 5.26 Å². The van der Waals surface area contributed by atoms with E-state index in [9.17, 15) is 4.79 Å². The van der Waals surface area contributed by atoms with Crippen molar-refractivity contribution in [2.45, 2.75) is 25.7 Å². The molecule has 2 rings (SSSR count). The van der Waals surface area contributed by atoms with Crippen LogP contribution in [-0.2, 0) is 11.2 Å². The van der Waals surface area contributed by atoms with Gasteiger partial charge in [0.2, 0.25) is 5.91 Å². The molecule has 1 fully saturated rings. The summed E-state index contributed by atoms with van der Waals surface area (Å²) in [6.07, 6.45) is 6.63. The number of carbonyl (C=O) groups is 1.